The van der Waals surface area contributed by atoms with E-state index >= 15 is 0 Å². The molecular weight excluding hydrogens is 160 g/mol. The summed E-state index contributed by atoms with van der Waals surface area (Å²) in [5, 5.41) is 0.706. The van der Waals surface area contributed by atoms with Crippen LogP contribution in [-0.4, -0.2) is 13.7 Å². The highest BCUT2D eigenvalue weighted by molar-refractivity contribution is 6.31. The van der Waals surface area contributed by atoms with Gasteiger partial charge in [-0.05, 0) is 18.6 Å². The minimum Gasteiger partial charge on any atom is -0.380 e. The summed E-state index contributed by atoms with van der Waals surface area (Å²) in [6.45, 7) is 6.06. The van der Waals surface area contributed by atoms with Crippen molar-refractivity contribution in [2.24, 2.45) is 0 Å². The number of hydrogen-bond acceptors (Lipinski definition) is 1. The van der Waals surface area contributed by atoms with Crippen LogP contribution in [0.1, 0.15) is 6.92 Å². The fraction of sp³-hybridized carbons (Fsp3) is 0.333. The van der Waals surface area contributed by atoms with Gasteiger partial charge in [-0.25, -0.2) is 0 Å². The molecule has 0 N–H and O–H groups in total. The van der Waals surface area contributed by atoms with Crippen molar-refractivity contribution in [3.63, 3.8) is 0 Å². The van der Waals surface area contributed by atoms with Crippen molar-refractivity contribution in [2.75, 3.05) is 13.7 Å². The molecule has 0 saturated carbocycles. The number of ether oxygens (including phenoxy) is 1. The molecule has 11 heavy (non-hydrogen) atoms. The Hall–Kier alpha value is -0.530. The Labute approximate surface area is 73.0 Å². The number of allylic oxidation sites excluding steroid dienone is 3. The van der Waals surface area contributed by atoms with E-state index in [4.69, 9.17) is 16.3 Å². The lowest BCUT2D eigenvalue weighted by Crippen LogP contribution is -1.90. The van der Waals surface area contributed by atoms with E-state index in [1.807, 2.05) is 19.1 Å². The van der Waals surface area contributed by atoms with Gasteiger partial charge in [0, 0.05) is 12.1 Å². The first kappa shape index (κ1) is 10.5. The molecular formula is C9H13ClO. The lowest BCUT2D eigenvalue weighted by atomic mass is 10.2. The molecule has 0 aliphatic heterocycles. The smallest absolute Gasteiger partial charge is 0.0713 e. The maximum atomic E-state index is 5.76. The Morgan fingerprint density at radius 2 is 2.27 bits per heavy atom. The maximum absolute atomic E-state index is 5.76. The van der Waals surface area contributed by atoms with Crippen molar-refractivity contribution in [2.45, 2.75) is 6.92 Å². The minimum absolute atomic E-state index is 0.549. The molecule has 0 fully saturated rings. The molecule has 2 heteroatoms. The fourth-order valence-corrected chi connectivity index (χ4v) is 0.727. The molecule has 0 radical (unpaired) electrons. The number of rotatable bonds is 4. The van der Waals surface area contributed by atoms with Crippen molar-refractivity contribution in [1.29, 1.82) is 0 Å². The van der Waals surface area contributed by atoms with Crippen molar-refractivity contribution in [1.82, 2.24) is 0 Å². The summed E-state index contributed by atoms with van der Waals surface area (Å²) in [6, 6.07) is 0. The molecule has 0 aromatic heterocycles. The summed E-state index contributed by atoms with van der Waals surface area (Å²) in [6.07, 6.45) is 5.38. The zero-order chi connectivity index (χ0) is 8.69. The quantitative estimate of drug-likeness (QED) is 0.593. The van der Waals surface area contributed by atoms with Crippen molar-refractivity contribution in [3.8, 4) is 0 Å². The van der Waals surface area contributed by atoms with E-state index in [0.717, 1.165) is 5.57 Å². The molecule has 0 bridgehead atoms. The summed E-state index contributed by atoms with van der Waals surface area (Å²) < 4.78 is 4.91. The molecule has 62 valence electrons. The third-order valence-electron chi connectivity index (χ3n) is 1.17. The molecule has 0 aliphatic rings. The number of methoxy groups -OCH3 is 1. The fourth-order valence-electron chi connectivity index (χ4n) is 0.587. The first-order valence-corrected chi connectivity index (χ1v) is 3.76. The Bertz CT molecular complexity index is 180. The highest BCUT2D eigenvalue weighted by Crippen LogP contribution is 2.07. The van der Waals surface area contributed by atoms with Gasteiger partial charge >= 0.3 is 0 Å². The Balaban J connectivity index is 4.22. The van der Waals surface area contributed by atoms with Crippen LogP contribution in [0.25, 0.3) is 0 Å². The summed E-state index contributed by atoms with van der Waals surface area (Å²) in [5.41, 5.74) is 0.982. The molecule has 0 rings (SSSR count). The number of halogens is 1. The lowest BCUT2D eigenvalue weighted by Gasteiger charge is -1.98. The van der Waals surface area contributed by atoms with E-state index in [1.54, 1.807) is 13.2 Å². The zero-order valence-corrected chi connectivity index (χ0v) is 7.69. The first-order valence-electron chi connectivity index (χ1n) is 3.38. The molecule has 1 nitrogen and oxygen atoms in total. The topological polar surface area (TPSA) is 9.23 Å². The second kappa shape index (κ2) is 6.20. The predicted octanol–water partition coefficient (Wildman–Crippen LogP) is 2.89. The second-order valence-corrected chi connectivity index (χ2v) is 2.47. The van der Waals surface area contributed by atoms with Crippen molar-refractivity contribution in [3.05, 3.63) is 35.4 Å². The first-order chi connectivity index (χ1) is 5.24. The van der Waals surface area contributed by atoms with Crippen LogP contribution in [0.15, 0.2) is 35.4 Å². The summed E-state index contributed by atoms with van der Waals surface area (Å²) in [7, 11) is 1.64. The average molecular weight is 173 g/mol. The van der Waals surface area contributed by atoms with E-state index in [0.29, 0.717) is 11.6 Å². The van der Waals surface area contributed by atoms with Crippen LogP contribution in [0.2, 0.25) is 0 Å². The van der Waals surface area contributed by atoms with Crippen LogP contribution in [0.3, 0.4) is 0 Å². The Morgan fingerprint density at radius 3 is 2.64 bits per heavy atom. The SMILES string of the molecule is C=C/C(=C\C(Cl)=C/C)COC. The van der Waals surface area contributed by atoms with Crippen LogP contribution in [0.4, 0.5) is 0 Å². The highest BCUT2D eigenvalue weighted by Gasteiger charge is 1.90. The molecule has 0 aliphatic carbocycles. The lowest BCUT2D eigenvalue weighted by molar-refractivity contribution is 0.228. The predicted molar refractivity (Wildman–Crippen MR) is 49.8 cm³/mol. The third kappa shape index (κ3) is 4.82. The van der Waals surface area contributed by atoms with Gasteiger partial charge in [-0.3, -0.25) is 0 Å². The van der Waals surface area contributed by atoms with Crippen LogP contribution < -0.4 is 0 Å². The average Bonchev–Trinajstić information content (AvgIpc) is 2.03. The third-order valence-corrected chi connectivity index (χ3v) is 1.50. The second-order valence-electron chi connectivity index (χ2n) is 2.03. The van der Waals surface area contributed by atoms with Gasteiger partial charge in [-0.1, -0.05) is 30.3 Å². The van der Waals surface area contributed by atoms with Gasteiger partial charge in [-0.2, -0.15) is 0 Å². The van der Waals surface area contributed by atoms with E-state index in [2.05, 4.69) is 6.58 Å². The van der Waals surface area contributed by atoms with Crippen LogP contribution >= 0.6 is 11.6 Å². The van der Waals surface area contributed by atoms with Gasteiger partial charge in [-0.15, -0.1) is 0 Å². The monoisotopic (exact) mass is 172 g/mol. The molecule has 0 aromatic carbocycles. The van der Waals surface area contributed by atoms with Crippen LogP contribution in [0, 0.1) is 0 Å². The molecule has 0 heterocycles. The maximum Gasteiger partial charge on any atom is 0.0713 e. The standard InChI is InChI=1S/C9H13ClO/c1-4-8(7-11-3)6-9(10)5-2/h4-6H,1,7H2,2-3H3/b8-6+,9-5+. The molecule has 0 amide bonds. The molecule has 0 aromatic rings. The van der Waals surface area contributed by atoms with Gasteiger partial charge < -0.3 is 4.74 Å². The van der Waals surface area contributed by atoms with Gasteiger partial charge in [0.05, 0.1) is 6.61 Å². The van der Waals surface area contributed by atoms with E-state index in [1.165, 1.54) is 0 Å². The summed E-state index contributed by atoms with van der Waals surface area (Å²) in [5.74, 6) is 0. The van der Waals surface area contributed by atoms with Gasteiger partial charge in [0.25, 0.3) is 0 Å². The molecule has 0 unspecified atom stereocenters. The molecule has 0 saturated heterocycles. The normalized spacial score (nSPS) is 13.4. The van der Waals surface area contributed by atoms with E-state index < -0.39 is 0 Å². The van der Waals surface area contributed by atoms with E-state index in [-0.39, 0.29) is 0 Å². The van der Waals surface area contributed by atoms with Crippen molar-refractivity contribution >= 4 is 11.6 Å². The van der Waals surface area contributed by atoms with Crippen LogP contribution in [0.5, 0.6) is 0 Å². The highest BCUT2D eigenvalue weighted by atomic mass is 35.5. The minimum atomic E-state index is 0.549. The van der Waals surface area contributed by atoms with Crippen molar-refractivity contribution < 1.29 is 4.74 Å². The number of hydrogen-bond donors (Lipinski definition) is 0. The summed E-state index contributed by atoms with van der Waals surface area (Å²) in [4.78, 5) is 0. The van der Waals surface area contributed by atoms with Gasteiger partial charge in [0.2, 0.25) is 0 Å². The van der Waals surface area contributed by atoms with E-state index in [9.17, 15) is 0 Å². The Kier molecular flexibility index (Phi) is 5.90. The van der Waals surface area contributed by atoms with Crippen LogP contribution in [-0.2, 0) is 4.74 Å². The molecule has 0 atom stereocenters. The summed E-state index contributed by atoms with van der Waals surface area (Å²) >= 11 is 5.76. The largest absolute Gasteiger partial charge is 0.380 e. The molecule has 0 spiro atoms. The Morgan fingerprint density at radius 1 is 1.64 bits per heavy atom. The van der Waals surface area contributed by atoms with Gasteiger partial charge in [0.1, 0.15) is 0 Å². The zero-order valence-electron chi connectivity index (χ0n) is 6.93. The van der Waals surface area contributed by atoms with Gasteiger partial charge in [0.15, 0.2) is 0 Å².